The van der Waals surface area contributed by atoms with Crippen LogP contribution in [0.3, 0.4) is 0 Å². The molecule has 126 valence electrons. The lowest BCUT2D eigenvalue weighted by atomic mass is 10.3. The number of hydrogen-bond donors (Lipinski definition) is 1. The number of carbonyl (C=O) groups excluding carboxylic acids is 1. The van der Waals surface area contributed by atoms with E-state index in [-0.39, 0.29) is 5.91 Å². The van der Waals surface area contributed by atoms with Crippen LogP contribution in [0, 0.1) is 0 Å². The number of nitrogens with one attached hydrogen (secondary N) is 1. The molecule has 1 N–H and O–H groups in total. The van der Waals surface area contributed by atoms with Gasteiger partial charge in [0.1, 0.15) is 23.5 Å². The second kappa shape index (κ2) is 6.89. The monoisotopic (exact) mass is 343 g/mol. The van der Waals surface area contributed by atoms with Crippen molar-refractivity contribution in [2.24, 2.45) is 0 Å². The van der Waals surface area contributed by atoms with Gasteiger partial charge in [-0.25, -0.2) is 19.9 Å². The number of aromatic nitrogens is 6. The fourth-order valence-electron chi connectivity index (χ4n) is 2.43. The molecule has 0 spiro atoms. The largest absolute Gasteiger partial charge is 0.309 e. The van der Waals surface area contributed by atoms with Gasteiger partial charge in [0, 0.05) is 18.6 Å². The van der Waals surface area contributed by atoms with Gasteiger partial charge in [0.25, 0.3) is 5.91 Å². The van der Waals surface area contributed by atoms with Gasteiger partial charge >= 0.3 is 0 Å². The lowest BCUT2D eigenvalue weighted by Gasteiger charge is -2.09. The van der Waals surface area contributed by atoms with Crippen LogP contribution in [0.15, 0.2) is 73.7 Å². The molecule has 0 aliphatic heterocycles. The molecule has 0 bridgehead atoms. The third-order valence-corrected chi connectivity index (χ3v) is 3.60. The number of anilines is 1. The van der Waals surface area contributed by atoms with Gasteiger partial charge < -0.3 is 9.88 Å². The Balaban J connectivity index is 1.60. The summed E-state index contributed by atoms with van der Waals surface area (Å²) < 4.78 is 1.70. The maximum absolute atomic E-state index is 12.7. The highest BCUT2D eigenvalue weighted by atomic mass is 16.2. The molecular formula is C18H13N7O. The third-order valence-electron chi connectivity index (χ3n) is 3.60. The van der Waals surface area contributed by atoms with Crippen molar-refractivity contribution in [2.75, 3.05) is 5.32 Å². The van der Waals surface area contributed by atoms with E-state index in [1.165, 1.54) is 6.33 Å². The normalized spacial score (nSPS) is 10.5. The van der Waals surface area contributed by atoms with E-state index in [1.807, 2.05) is 18.2 Å². The maximum atomic E-state index is 12.7. The van der Waals surface area contributed by atoms with Crippen LogP contribution in [0.2, 0.25) is 0 Å². The van der Waals surface area contributed by atoms with E-state index in [2.05, 4.69) is 30.2 Å². The number of nitrogens with zero attached hydrogens (tertiary/aromatic N) is 6. The van der Waals surface area contributed by atoms with Crippen molar-refractivity contribution in [2.45, 2.75) is 0 Å². The standard InChI is InChI=1S/C18H13N7O/c26-18(15-5-3-9-25(15)13-10-19-12-20-11-13)24-16-6-8-22-17(23-16)14-4-1-2-7-21-14/h1-12H,(H,22,23,24,26). The van der Waals surface area contributed by atoms with E-state index in [1.54, 1.807) is 53.8 Å². The van der Waals surface area contributed by atoms with E-state index in [0.717, 1.165) is 0 Å². The summed E-state index contributed by atoms with van der Waals surface area (Å²) in [6, 6.07) is 10.6. The summed E-state index contributed by atoms with van der Waals surface area (Å²) in [6.45, 7) is 0. The van der Waals surface area contributed by atoms with Crippen LogP contribution in [-0.2, 0) is 0 Å². The lowest BCUT2D eigenvalue weighted by Crippen LogP contribution is -2.17. The summed E-state index contributed by atoms with van der Waals surface area (Å²) >= 11 is 0. The minimum absolute atomic E-state index is 0.301. The van der Waals surface area contributed by atoms with Crippen molar-refractivity contribution in [3.63, 3.8) is 0 Å². The van der Waals surface area contributed by atoms with Gasteiger partial charge in [-0.15, -0.1) is 0 Å². The van der Waals surface area contributed by atoms with Crippen LogP contribution < -0.4 is 5.32 Å². The van der Waals surface area contributed by atoms with Crippen LogP contribution in [0.5, 0.6) is 0 Å². The lowest BCUT2D eigenvalue weighted by molar-refractivity contribution is 0.102. The average Bonchev–Trinajstić information content (AvgIpc) is 3.20. The predicted octanol–water partition coefficient (Wildman–Crippen LogP) is 2.37. The molecule has 26 heavy (non-hydrogen) atoms. The quantitative estimate of drug-likeness (QED) is 0.611. The minimum atomic E-state index is -0.301. The SMILES string of the molecule is O=C(Nc1ccnc(-c2ccccn2)n1)c1cccn1-c1cncnc1. The molecule has 1 amide bonds. The predicted molar refractivity (Wildman–Crippen MR) is 94.6 cm³/mol. The summed E-state index contributed by atoms with van der Waals surface area (Å²) in [5.41, 5.74) is 1.77. The number of carbonyl (C=O) groups is 1. The van der Waals surface area contributed by atoms with Gasteiger partial charge in [-0.1, -0.05) is 6.07 Å². The van der Waals surface area contributed by atoms with Gasteiger partial charge in [-0.3, -0.25) is 9.78 Å². The zero-order valence-corrected chi connectivity index (χ0v) is 13.5. The fourth-order valence-corrected chi connectivity index (χ4v) is 2.43. The molecule has 0 aromatic carbocycles. The Bertz CT molecular complexity index is 1030. The zero-order valence-electron chi connectivity index (χ0n) is 13.5. The topological polar surface area (TPSA) is 98.5 Å². The molecule has 4 rings (SSSR count). The third kappa shape index (κ3) is 3.16. The van der Waals surface area contributed by atoms with Crippen molar-refractivity contribution < 1.29 is 4.79 Å². The van der Waals surface area contributed by atoms with Crippen LogP contribution >= 0.6 is 0 Å². The van der Waals surface area contributed by atoms with Crippen molar-refractivity contribution in [1.82, 2.24) is 29.5 Å². The first-order valence-electron chi connectivity index (χ1n) is 7.80. The van der Waals surface area contributed by atoms with Gasteiger partial charge in [-0.2, -0.15) is 0 Å². The first-order chi connectivity index (χ1) is 12.8. The highest BCUT2D eigenvalue weighted by Gasteiger charge is 2.14. The summed E-state index contributed by atoms with van der Waals surface area (Å²) in [5, 5.41) is 2.79. The van der Waals surface area contributed by atoms with Crippen LogP contribution in [0.25, 0.3) is 17.2 Å². The Morgan fingerprint density at radius 1 is 0.962 bits per heavy atom. The number of pyridine rings is 1. The van der Waals surface area contributed by atoms with E-state index in [9.17, 15) is 4.79 Å². The zero-order chi connectivity index (χ0) is 17.8. The fraction of sp³-hybridized carbons (Fsp3) is 0. The van der Waals surface area contributed by atoms with Gasteiger partial charge in [0.15, 0.2) is 5.82 Å². The van der Waals surface area contributed by atoms with Crippen LogP contribution in [0.4, 0.5) is 5.82 Å². The van der Waals surface area contributed by atoms with E-state index in [4.69, 9.17) is 0 Å². The number of hydrogen-bond acceptors (Lipinski definition) is 6. The van der Waals surface area contributed by atoms with Crippen LogP contribution in [0.1, 0.15) is 10.5 Å². The Kier molecular flexibility index (Phi) is 4.13. The maximum Gasteiger partial charge on any atom is 0.273 e. The van der Waals surface area contributed by atoms with E-state index < -0.39 is 0 Å². The highest BCUT2D eigenvalue weighted by molar-refractivity contribution is 6.03. The molecule has 4 aromatic heterocycles. The van der Waals surface area contributed by atoms with Crippen LogP contribution in [-0.4, -0.2) is 35.4 Å². The van der Waals surface area contributed by atoms with Crippen molar-refractivity contribution in [1.29, 1.82) is 0 Å². The van der Waals surface area contributed by atoms with E-state index in [0.29, 0.717) is 28.7 Å². The Morgan fingerprint density at radius 3 is 2.65 bits per heavy atom. The average molecular weight is 343 g/mol. The molecule has 0 radical (unpaired) electrons. The van der Waals surface area contributed by atoms with E-state index >= 15 is 0 Å². The smallest absolute Gasteiger partial charge is 0.273 e. The Hall–Kier alpha value is -3.94. The second-order valence-corrected chi connectivity index (χ2v) is 5.29. The molecule has 0 atom stereocenters. The summed E-state index contributed by atoms with van der Waals surface area (Å²) in [4.78, 5) is 33.4. The van der Waals surface area contributed by atoms with Gasteiger partial charge in [0.2, 0.25) is 0 Å². The molecule has 4 heterocycles. The minimum Gasteiger partial charge on any atom is -0.309 e. The molecule has 8 nitrogen and oxygen atoms in total. The first kappa shape index (κ1) is 15.6. The second-order valence-electron chi connectivity index (χ2n) is 5.29. The molecule has 0 saturated heterocycles. The molecule has 8 heteroatoms. The summed E-state index contributed by atoms with van der Waals surface area (Å²) in [7, 11) is 0. The molecule has 0 aliphatic carbocycles. The molecule has 4 aromatic rings. The van der Waals surface area contributed by atoms with Crippen molar-refractivity contribution in [3.05, 3.63) is 79.4 Å². The van der Waals surface area contributed by atoms with Crippen molar-refractivity contribution >= 4 is 11.7 Å². The number of rotatable bonds is 4. The summed E-state index contributed by atoms with van der Waals surface area (Å²) in [6.07, 6.45) is 9.72. The molecule has 0 fully saturated rings. The summed E-state index contributed by atoms with van der Waals surface area (Å²) in [5.74, 6) is 0.530. The first-order valence-corrected chi connectivity index (χ1v) is 7.80. The molecule has 0 unspecified atom stereocenters. The van der Waals surface area contributed by atoms with Gasteiger partial charge in [-0.05, 0) is 30.3 Å². The molecular weight excluding hydrogens is 330 g/mol. The van der Waals surface area contributed by atoms with Gasteiger partial charge in [0.05, 0.1) is 18.1 Å². The molecule has 0 aliphatic rings. The Labute approximate surface area is 148 Å². The highest BCUT2D eigenvalue weighted by Crippen LogP contribution is 2.15. The Morgan fingerprint density at radius 2 is 1.85 bits per heavy atom. The van der Waals surface area contributed by atoms with Crippen molar-refractivity contribution in [3.8, 4) is 17.2 Å². The number of amides is 1. The molecule has 0 saturated carbocycles.